The van der Waals surface area contributed by atoms with Crippen LogP contribution >= 0.6 is 0 Å². The first-order valence-corrected chi connectivity index (χ1v) is 10.3. The van der Waals surface area contributed by atoms with Gasteiger partial charge in [-0.1, -0.05) is 30.3 Å². The van der Waals surface area contributed by atoms with Crippen molar-refractivity contribution >= 4 is 5.91 Å². The molecule has 4 rings (SSSR count). The first-order valence-electron chi connectivity index (χ1n) is 10.3. The van der Waals surface area contributed by atoms with Crippen molar-refractivity contribution in [3.63, 3.8) is 0 Å². The Bertz CT molecular complexity index is 589. The zero-order chi connectivity index (χ0) is 17.8. The highest BCUT2D eigenvalue weighted by Gasteiger charge is 2.44. The Morgan fingerprint density at radius 1 is 1.15 bits per heavy atom. The molecule has 4 heteroatoms. The highest BCUT2D eigenvalue weighted by atomic mass is 16.5. The second kappa shape index (κ2) is 8.10. The molecule has 0 bridgehead atoms. The summed E-state index contributed by atoms with van der Waals surface area (Å²) in [6.07, 6.45) is 6.49. The lowest BCUT2D eigenvalue weighted by Gasteiger charge is -2.39. The standard InChI is InChI=1S/C22H32N2O2/c25-21-15-22(9-12-23(13-10-22)16-20-8-14-26-17-20)18-24(21)11-4-7-19-5-2-1-3-6-19/h1-3,5-6,20H,4,7-18H2/t20-/m0/s1. The third kappa shape index (κ3) is 4.29. The van der Waals surface area contributed by atoms with Gasteiger partial charge in [-0.3, -0.25) is 4.79 Å². The van der Waals surface area contributed by atoms with Crippen molar-refractivity contribution < 1.29 is 9.53 Å². The maximum absolute atomic E-state index is 12.5. The van der Waals surface area contributed by atoms with Gasteiger partial charge in [0.15, 0.2) is 0 Å². The van der Waals surface area contributed by atoms with Crippen LogP contribution in [0.15, 0.2) is 30.3 Å². The number of benzene rings is 1. The van der Waals surface area contributed by atoms with E-state index >= 15 is 0 Å². The zero-order valence-electron chi connectivity index (χ0n) is 15.9. The first-order chi connectivity index (χ1) is 12.7. The van der Waals surface area contributed by atoms with Crippen LogP contribution < -0.4 is 0 Å². The Hall–Kier alpha value is -1.39. The number of nitrogens with zero attached hydrogens (tertiary/aromatic N) is 2. The number of piperidine rings is 1. The Kier molecular flexibility index (Phi) is 5.60. The lowest BCUT2D eigenvalue weighted by atomic mass is 9.77. The monoisotopic (exact) mass is 356 g/mol. The predicted octanol–water partition coefficient (Wildman–Crippen LogP) is 2.97. The van der Waals surface area contributed by atoms with Crippen LogP contribution in [0.3, 0.4) is 0 Å². The maximum atomic E-state index is 12.5. The third-order valence-electron chi connectivity index (χ3n) is 6.60. The van der Waals surface area contributed by atoms with Crippen LogP contribution in [0.4, 0.5) is 0 Å². The van der Waals surface area contributed by atoms with Crippen LogP contribution in [-0.4, -0.2) is 61.6 Å². The quantitative estimate of drug-likeness (QED) is 0.786. The summed E-state index contributed by atoms with van der Waals surface area (Å²) >= 11 is 0. The minimum Gasteiger partial charge on any atom is -0.381 e. The Morgan fingerprint density at radius 2 is 1.96 bits per heavy atom. The van der Waals surface area contributed by atoms with Crippen molar-refractivity contribution in [1.29, 1.82) is 0 Å². The molecule has 1 aromatic rings. The molecule has 142 valence electrons. The van der Waals surface area contributed by atoms with Crippen LogP contribution in [0.25, 0.3) is 0 Å². The molecule has 3 aliphatic rings. The molecule has 0 saturated carbocycles. The van der Waals surface area contributed by atoms with E-state index in [2.05, 4.69) is 40.1 Å². The number of hydrogen-bond acceptors (Lipinski definition) is 3. The van der Waals surface area contributed by atoms with Crippen molar-refractivity contribution in [2.45, 2.75) is 38.5 Å². The van der Waals surface area contributed by atoms with E-state index < -0.39 is 0 Å². The number of carbonyl (C=O) groups excluding carboxylic acids is 1. The summed E-state index contributed by atoms with van der Waals surface area (Å²) in [4.78, 5) is 17.3. The largest absolute Gasteiger partial charge is 0.381 e. The first kappa shape index (κ1) is 18.0. The Labute approximate surface area is 157 Å². The molecule has 0 N–H and O–H groups in total. The van der Waals surface area contributed by atoms with E-state index in [1.54, 1.807) is 0 Å². The second-order valence-corrected chi connectivity index (χ2v) is 8.61. The van der Waals surface area contributed by atoms with Gasteiger partial charge in [-0.15, -0.1) is 0 Å². The molecule has 3 aliphatic heterocycles. The van der Waals surface area contributed by atoms with Crippen molar-refractivity contribution in [2.24, 2.45) is 11.3 Å². The highest BCUT2D eigenvalue weighted by Crippen LogP contribution is 2.41. The van der Waals surface area contributed by atoms with Crippen molar-refractivity contribution in [2.75, 3.05) is 45.9 Å². The fourth-order valence-electron chi connectivity index (χ4n) is 4.94. The number of amides is 1. The summed E-state index contributed by atoms with van der Waals surface area (Å²) in [5.74, 6) is 1.11. The Balaban J connectivity index is 1.22. The minimum absolute atomic E-state index is 0.256. The molecular weight excluding hydrogens is 324 g/mol. The molecule has 1 atom stereocenters. The van der Waals surface area contributed by atoms with E-state index in [9.17, 15) is 4.79 Å². The molecule has 0 aliphatic carbocycles. The van der Waals surface area contributed by atoms with Crippen molar-refractivity contribution in [3.8, 4) is 0 Å². The smallest absolute Gasteiger partial charge is 0.223 e. The second-order valence-electron chi connectivity index (χ2n) is 8.61. The lowest BCUT2D eigenvalue weighted by Crippen LogP contribution is -2.43. The van der Waals surface area contributed by atoms with E-state index in [0.29, 0.717) is 5.91 Å². The molecule has 0 radical (unpaired) electrons. The van der Waals surface area contributed by atoms with Crippen LogP contribution in [0.1, 0.15) is 37.7 Å². The average Bonchev–Trinajstić information content (AvgIpc) is 3.27. The van der Waals surface area contributed by atoms with E-state index in [1.165, 1.54) is 31.4 Å². The molecule has 3 fully saturated rings. The number of ether oxygens (including phenoxy) is 1. The minimum atomic E-state index is 0.256. The Morgan fingerprint density at radius 3 is 2.69 bits per heavy atom. The summed E-state index contributed by atoms with van der Waals surface area (Å²) < 4.78 is 5.51. The summed E-state index contributed by atoms with van der Waals surface area (Å²) in [6, 6.07) is 10.6. The number of aryl methyl sites for hydroxylation is 1. The van der Waals surface area contributed by atoms with Crippen molar-refractivity contribution in [3.05, 3.63) is 35.9 Å². The normalized spacial score (nSPS) is 26.1. The summed E-state index contributed by atoms with van der Waals surface area (Å²) in [5.41, 5.74) is 1.63. The summed E-state index contributed by atoms with van der Waals surface area (Å²) in [7, 11) is 0. The molecule has 3 heterocycles. The fraction of sp³-hybridized carbons (Fsp3) is 0.682. The van der Waals surface area contributed by atoms with E-state index in [-0.39, 0.29) is 5.41 Å². The molecule has 26 heavy (non-hydrogen) atoms. The van der Waals surface area contributed by atoms with Gasteiger partial charge in [0.1, 0.15) is 0 Å². The highest BCUT2D eigenvalue weighted by molar-refractivity contribution is 5.79. The molecule has 4 nitrogen and oxygen atoms in total. The lowest BCUT2D eigenvalue weighted by molar-refractivity contribution is -0.127. The maximum Gasteiger partial charge on any atom is 0.223 e. The number of likely N-dealkylation sites (tertiary alicyclic amines) is 2. The third-order valence-corrected chi connectivity index (χ3v) is 6.60. The molecular formula is C22H32N2O2. The van der Waals surface area contributed by atoms with Crippen LogP contribution in [0.2, 0.25) is 0 Å². The molecule has 1 amide bonds. The van der Waals surface area contributed by atoms with E-state index in [0.717, 1.165) is 64.6 Å². The van der Waals surface area contributed by atoms with Crippen LogP contribution in [-0.2, 0) is 16.0 Å². The van der Waals surface area contributed by atoms with Gasteiger partial charge in [0.2, 0.25) is 5.91 Å². The van der Waals surface area contributed by atoms with Crippen LogP contribution in [0.5, 0.6) is 0 Å². The average molecular weight is 357 g/mol. The predicted molar refractivity (Wildman–Crippen MR) is 103 cm³/mol. The number of rotatable bonds is 6. The summed E-state index contributed by atoms with van der Waals surface area (Å²) in [6.45, 7) is 7.28. The molecule has 3 saturated heterocycles. The van der Waals surface area contributed by atoms with Gasteiger partial charge < -0.3 is 14.5 Å². The van der Waals surface area contributed by atoms with Crippen molar-refractivity contribution in [1.82, 2.24) is 9.80 Å². The van der Waals surface area contributed by atoms with Gasteiger partial charge in [0, 0.05) is 32.7 Å². The van der Waals surface area contributed by atoms with Gasteiger partial charge >= 0.3 is 0 Å². The fourth-order valence-corrected chi connectivity index (χ4v) is 4.94. The van der Waals surface area contributed by atoms with Gasteiger partial charge in [-0.2, -0.15) is 0 Å². The van der Waals surface area contributed by atoms with Gasteiger partial charge in [0.25, 0.3) is 0 Å². The number of carbonyl (C=O) groups is 1. The van der Waals surface area contributed by atoms with Gasteiger partial charge in [-0.25, -0.2) is 0 Å². The number of hydrogen-bond donors (Lipinski definition) is 0. The van der Waals surface area contributed by atoms with Gasteiger partial charge in [-0.05, 0) is 62.1 Å². The summed E-state index contributed by atoms with van der Waals surface area (Å²) in [5, 5.41) is 0. The molecule has 0 aromatic heterocycles. The molecule has 0 unspecified atom stereocenters. The SMILES string of the molecule is O=C1CC2(CCN(C[C@@H]3CCOC3)CC2)CN1CCCc1ccccc1. The van der Waals surface area contributed by atoms with E-state index in [1.807, 2.05) is 0 Å². The molecule has 1 aromatic carbocycles. The van der Waals surface area contributed by atoms with Crippen LogP contribution in [0, 0.1) is 11.3 Å². The van der Waals surface area contributed by atoms with Gasteiger partial charge in [0.05, 0.1) is 6.61 Å². The van der Waals surface area contributed by atoms with E-state index in [4.69, 9.17) is 4.74 Å². The molecule has 1 spiro atoms. The zero-order valence-corrected chi connectivity index (χ0v) is 15.9. The topological polar surface area (TPSA) is 32.8 Å².